The fraction of sp³-hybridized carbons (Fsp3) is 0.450. The van der Waals surface area contributed by atoms with E-state index in [9.17, 15) is 9.59 Å². The van der Waals surface area contributed by atoms with E-state index in [1.807, 2.05) is 0 Å². The molecular formula is C20H23ClN2O4. The zero-order valence-electron chi connectivity index (χ0n) is 15.5. The number of hydrogen-bond acceptors (Lipinski definition) is 5. The minimum absolute atomic E-state index is 0.140. The number of nitrogens with one attached hydrogen (secondary N) is 1. The lowest BCUT2D eigenvalue weighted by atomic mass is 9.86. The van der Waals surface area contributed by atoms with E-state index in [4.69, 9.17) is 20.9 Å². The third-order valence-corrected chi connectivity index (χ3v) is 5.32. The van der Waals surface area contributed by atoms with Crippen LogP contribution in [0.25, 0.3) is 11.3 Å². The van der Waals surface area contributed by atoms with Gasteiger partial charge in [-0.15, -0.1) is 0 Å². The van der Waals surface area contributed by atoms with Crippen LogP contribution in [0.1, 0.15) is 48.7 Å². The number of halogens is 1. The predicted octanol–water partition coefficient (Wildman–Crippen LogP) is 4.16. The van der Waals surface area contributed by atoms with E-state index in [1.54, 1.807) is 31.2 Å². The fourth-order valence-electron chi connectivity index (χ4n) is 3.43. The molecule has 144 valence electrons. The van der Waals surface area contributed by atoms with Crippen LogP contribution in [0.5, 0.6) is 0 Å². The number of benzene rings is 1. The zero-order valence-corrected chi connectivity index (χ0v) is 16.2. The van der Waals surface area contributed by atoms with Crippen LogP contribution in [0.2, 0.25) is 5.02 Å². The first-order valence-corrected chi connectivity index (χ1v) is 9.53. The average Bonchev–Trinajstić information content (AvgIpc) is 3.03. The van der Waals surface area contributed by atoms with E-state index in [2.05, 4.69) is 17.4 Å². The lowest BCUT2D eigenvalue weighted by Gasteiger charge is -2.29. The van der Waals surface area contributed by atoms with Crippen LogP contribution in [0.3, 0.4) is 0 Å². The van der Waals surface area contributed by atoms with E-state index in [0.717, 1.165) is 19.3 Å². The molecule has 1 saturated carbocycles. The molecule has 1 fully saturated rings. The molecule has 0 radical (unpaired) electrons. The number of ether oxygens (including phenoxy) is 1. The second kappa shape index (κ2) is 8.57. The predicted molar refractivity (Wildman–Crippen MR) is 102 cm³/mol. The van der Waals surface area contributed by atoms with Crippen LogP contribution < -0.4 is 5.32 Å². The van der Waals surface area contributed by atoms with Crippen molar-refractivity contribution in [3.05, 3.63) is 40.6 Å². The number of aryl methyl sites for hydroxylation is 1. The third kappa shape index (κ3) is 4.50. The number of amides is 1. The highest BCUT2D eigenvalue weighted by atomic mass is 35.5. The number of rotatable bonds is 5. The molecule has 0 aliphatic heterocycles. The standard InChI is InChI=1S/C20H23ClN2O4/c1-12-7-3-6-10-16(12)22-17(24)11-26-20(25)18-13(2)27-23-19(18)14-8-4-5-9-15(14)21/h4-5,8-9,12,16H,3,6-7,10-11H2,1-2H3,(H,22,24)/t12-,16+/m0/s1. The van der Waals surface area contributed by atoms with Crippen molar-refractivity contribution in [1.82, 2.24) is 10.5 Å². The van der Waals surface area contributed by atoms with Gasteiger partial charge < -0.3 is 14.6 Å². The molecule has 1 aliphatic rings. The van der Waals surface area contributed by atoms with E-state index < -0.39 is 5.97 Å². The number of carbonyl (C=O) groups excluding carboxylic acids is 2. The summed E-state index contributed by atoms with van der Waals surface area (Å²) >= 11 is 6.20. The molecule has 1 aliphatic carbocycles. The molecule has 1 aromatic heterocycles. The van der Waals surface area contributed by atoms with Gasteiger partial charge in [-0.05, 0) is 31.7 Å². The lowest BCUT2D eigenvalue weighted by Crippen LogP contribution is -2.42. The first kappa shape index (κ1) is 19.4. The molecule has 0 unspecified atom stereocenters. The molecule has 2 aromatic rings. The molecule has 2 atom stereocenters. The van der Waals surface area contributed by atoms with Crippen molar-refractivity contribution in [2.75, 3.05) is 6.61 Å². The van der Waals surface area contributed by atoms with Crippen molar-refractivity contribution in [1.29, 1.82) is 0 Å². The topological polar surface area (TPSA) is 81.4 Å². The number of nitrogens with zero attached hydrogens (tertiary/aromatic N) is 1. The van der Waals surface area contributed by atoms with Crippen LogP contribution in [0, 0.1) is 12.8 Å². The van der Waals surface area contributed by atoms with Gasteiger partial charge in [-0.1, -0.05) is 54.7 Å². The summed E-state index contributed by atoms with van der Waals surface area (Å²) in [6.45, 7) is 3.41. The fourth-order valence-corrected chi connectivity index (χ4v) is 3.66. The lowest BCUT2D eigenvalue weighted by molar-refractivity contribution is -0.125. The molecule has 6 nitrogen and oxygen atoms in total. The van der Waals surface area contributed by atoms with Gasteiger partial charge in [0.25, 0.3) is 5.91 Å². The first-order chi connectivity index (χ1) is 13.0. The minimum atomic E-state index is -0.657. The number of carbonyl (C=O) groups is 2. The number of esters is 1. The van der Waals surface area contributed by atoms with E-state index in [1.165, 1.54) is 6.42 Å². The molecule has 27 heavy (non-hydrogen) atoms. The van der Waals surface area contributed by atoms with Crippen LogP contribution >= 0.6 is 11.6 Å². The van der Waals surface area contributed by atoms with Crippen molar-refractivity contribution in [2.45, 2.75) is 45.6 Å². The zero-order chi connectivity index (χ0) is 19.4. The highest BCUT2D eigenvalue weighted by Gasteiger charge is 2.26. The Morgan fingerprint density at radius 2 is 2.04 bits per heavy atom. The maximum absolute atomic E-state index is 12.5. The van der Waals surface area contributed by atoms with Crippen molar-refractivity contribution >= 4 is 23.5 Å². The number of aromatic nitrogens is 1. The molecule has 1 amide bonds. The third-order valence-electron chi connectivity index (χ3n) is 4.99. The summed E-state index contributed by atoms with van der Waals surface area (Å²) in [7, 11) is 0. The highest BCUT2D eigenvalue weighted by molar-refractivity contribution is 6.33. The quantitative estimate of drug-likeness (QED) is 0.775. The van der Waals surface area contributed by atoms with Gasteiger partial charge in [-0.3, -0.25) is 4.79 Å². The molecule has 0 saturated heterocycles. The van der Waals surface area contributed by atoms with Gasteiger partial charge >= 0.3 is 5.97 Å². The summed E-state index contributed by atoms with van der Waals surface area (Å²) < 4.78 is 10.4. The first-order valence-electron chi connectivity index (χ1n) is 9.15. The van der Waals surface area contributed by atoms with Gasteiger partial charge in [0.1, 0.15) is 17.0 Å². The summed E-state index contributed by atoms with van der Waals surface area (Å²) in [5.74, 6) is -0.201. The van der Waals surface area contributed by atoms with E-state index >= 15 is 0 Å². The Labute approximate surface area is 163 Å². The minimum Gasteiger partial charge on any atom is -0.452 e. The molecule has 1 N–H and O–H groups in total. The molecule has 3 rings (SSSR count). The Morgan fingerprint density at radius 3 is 2.78 bits per heavy atom. The van der Waals surface area contributed by atoms with Crippen molar-refractivity contribution in [3.8, 4) is 11.3 Å². The van der Waals surface area contributed by atoms with Crippen LogP contribution in [-0.4, -0.2) is 29.7 Å². The SMILES string of the molecule is Cc1onc(-c2ccccc2Cl)c1C(=O)OCC(=O)N[C@@H]1CCCC[C@@H]1C. The molecule has 1 heterocycles. The van der Waals surface area contributed by atoms with Gasteiger partial charge in [0.2, 0.25) is 0 Å². The van der Waals surface area contributed by atoms with Gasteiger partial charge in [0, 0.05) is 11.6 Å². The molecule has 1 aromatic carbocycles. The van der Waals surface area contributed by atoms with Gasteiger partial charge in [0.15, 0.2) is 6.61 Å². The Morgan fingerprint density at radius 1 is 1.30 bits per heavy atom. The van der Waals surface area contributed by atoms with Gasteiger partial charge in [-0.2, -0.15) is 0 Å². The summed E-state index contributed by atoms with van der Waals surface area (Å²) in [4.78, 5) is 24.7. The second-order valence-corrected chi connectivity index (χ2v) is 7.36. The Hall–Kier alpha value is -2.34. The van der Waals surface area contributed by atoms with Crippen LogP contribution in [-0.2, 0) is 9.53 Å². The Balaban J connectivity index is 1.66. The van der Waals surface area contributed by atoms with Gasteiger partial charge in [-0.25, -0.2) is 4.79 Å². The molecule has 0 bridgehead atoms. The van der Waals surface area contributed by atoms with Crippen LogP contribution in [0.15, 0.2) is 28.8 Å². The molecule has 0 spiro atoms. The van der Waals surface area contributed by atoms with Crippen LogP contribution in [0.4, 0.5) is 0 Å². The van der Waals surface area contributed by atoms with Crippen molar-refractivity contribution in [2.24, 2.45) is 5.92 Å². The largest absolute Gasteiger partial charge is 0.452 e. The summed E-state index contributed by atoms with van der Waals surface area (Å²) in [6, 6.07) is 7.16. The number of hydrogen-bond donors (Lipinski definition) is 1. The average molecular weight is 391 g/mol. The van der Waals surface area contributed by atoms with E-state index in [-0.39, 0.29) is 24.1 Å². The van der Waals surface area contributed by atoms with E-state index in [0.29, 0.717) is 28.0 Å². The summed E-state index contributed by atoms with van der Waals surface area (Å²) in [6.07, 6.45) is 4.37. The summed E-state index contributed by atoms with van der Waals surface area (Å²) in [5.41, 5.74) is 1.06. The van der Waals surface area contributed by atoms with Gasteiger partial charge in [0.05, 0.1) is 5.02 Å². The monoisotopic (exact) mass is 390 g/mol. The maximum Gasteiger partial charge on any atom is 0.344 e. The summed E-state index contributed by atoms with van der Waals surface area (Å²) in [5, 5.41) is 7.35. The maximum atomic E-state index is 12.5. The Bertz CT molecular complexity index is 833. The highest BCUT2D eigenvalue weighted by Crippen LogP contribution is 2.31. The second-order valence-electron chi connectivity index (χ2n) is 6.95. The van der Waals surface area contributed by atoms with Crippen molar-refractivity contribution < 1.29 is 18.8 Å². The Kier molecular flexibility index (Phi) is 6.16. The molecular weight excluding hydrogens is 368 g/mol. The normalized spacial score (nSPS) is 19.5. The van der Waals surface area contributed by atoms with Crippen molar-refractivity contribution in [3.63, 3.8) is 0 Å². The molecule has 7 heteroatoms. The smallest absolute Gasteiger partial charge is 0.344 e.